The molecule has 0 bridgehead atoms. The molecule has 0 atom stereocenters. The number of nitrogens with one attached hydrogen (secondary N) is 1. The summed E-state index contributed by atoms with van der Waals surface area (Å²) in [4.78, 5) is 42.2. The summed E-state index contributed by atoms with van der Waals surface area (Å²) in [6.45, 7) is 6.87. The third-order valence-corrected chi connectivity index (χ3v) is 6.73. The van der Waals surface area contributed by atoms with E-state index in [-0.39, 0.29) is 17.2 Å². The topological polar surface area (TPSA) is 108 Å². The molecule has 10 nitrogen and oxygen atoms in total. The monoisotopic (exact) mass is 515 g/mol. The minimum absolute atomic E-state index is 0.151. The van der Waals surface area contributed by atoms with Crippen LogP contribution in [-0.4, -0.2) is 74.1 Å². The maximum Gasteiger partial charge on any atom is 0.270 e. The fraction of sp³-hybridized carbons (Fsp3) is 0.440. The molecule has 2 saturated heterocycles. The molecule has 0 aliphatic carbocycles. The number of carbonyl (C=O) groups excluding carboxylic acids is 2. The molecule has 2 aromatic carbocycles. The van der Waals surface area contributed by atoms with Gasteiger partial charge in [-0.3, -0.25) is 19.7 Å². The molecule has 2 fully saturated rings. The summed E-state index contributed by atoms with van der Waals surface area (Å²) in [7, 11) is 0. The first-order chi connectivity index (χ1) is 17.4. The van der Waals surface area contributed by atoms with E-state index in [1.54, 1.807) is 18.2 Å². The van der Waals surface area contributed by atoms with Gasteiger partial charge in [0.25, 0.3) is 11.6 Å². The molecule has 0 saturated carbocycles. The summed E-state index contributed by atoms with van der Waals surface area (Å²) in [5, 5.41) is 14.7. The highest BCUT2D eigenvalue weighted by Gasteiger charge is 2.24. The maximum atomic E-state index is 13.2. The van der Waals surface area contributed by atoms with Crippen molar-refractivity contribution >= 4 is 46.2 Å². The Bertz CT molecular complexity index is 1130. The molecular weight excluding hydrogens is 486 g/mol. The molecule has 2 heterocycles. The molecule has 0 spiro atoms. The predicted molar refractivity (Wildman–Crippen MR) is 139 cm³/mol. The molecule has 2 aromatic rings. The molecule has 1 N–H and O–H groups in total. The number of halogens is 1. The third-order valence-electron chi connectivity index (χ3n) is 6.43. The number of hydrogen-bond donors (Lipinski definition) is 1. The zero-order chi connectivity index (χ0) is 25.7. The predicted octanol–water partition coefficient (Wildman–Crippen LogP) is 3.79. The van der Waals surface area contributed by atoms with Crippen LogP contribution in [0.2, 0.25) is 5.02 Å². The second kappa shape index (κ2) is 11.6. The Morgan fingerprint density at radius 3 is 2.31 bits per heavy atom. The van der Waals surface area contributed by atoms with Crippen LogP contribution in [0, 0.1) is 10.1 Å². The number of hydrogen-bond acceptors (Lipinski definition) is 7. The first-order valence-corrected chi connectivity index (χ1v) is 12.5. The Balaban J connectivity index is 1.48. The van der Waals surface area contributed by atoms with Gasteiger partial charge in [0.15, 0.2) is 0 Å². The van der Waals surface area contributed by atoms with Crippen molar-refractivity contribution in [2.45, 2.75) is 19.8 Å². The van der Waals surface area contributed by atoms with Gasteiger partial charge in [-0.1, -0.05) is 18.5 Å². The van der Waals surface area contributed by atoms with Gasteiger partial charge in [0.2, 0.25) is 5.91 Å². The molecular formula is C25H30ClN5O5. The van der Waals surface area contributed by atoms with Crippen molar-refractivity contribution in [1.82, 2.24) is 4.90 Å². The molecule has 11 heteroatoms. The lowest BCUT2D eigenvalue weighted by atomic mass is 10.1. The van der Waals surface area contributed by atoms with Gasteiger partial charge in [0.1, 0.15) is 0 Å². The second-order valence-corrected chi connectivity index (χ2v) is 9.20. The van der Waals surface area contributed by atoms with Gasteiger partial charge in [-0.15, -0.1) is 0 Å². The molecule has 2 aliphatic rings. The molecule has 192 valence electrons. The largest absolute Gasteiger partial charge is 0.378 e. The van der Waals surface area contributed by atoms with Gasteiger partial charge in [-0.25, -0.2) is 0 Å². The van der Waals surface area contributed by atoms with Gasteiger partial charge in [0, 0.05) is 63.5 Å². The summed E-state index contributed by atoms with van der Waals surface area (Å²) in [6.07, 6.45) is 1.40. The first kappa shape index (κ1) is 25.7. The summed E-state index contributed by atoms with van der Waals surface area (Å²) in [5.74, 6) is -0.272. The van der Waals surface area contributed by atoms with Crippen LogP contribution in [0.15, 0.2) is 36.4 Å². The average molecular weight is 516 g/mol. The van der Waals surface area contributed by atoms with E-state index in [4.69, 9.17) is 16.3 Å². The van der Waals surface area contributed by atoms with E-state index in [1.165, 1.54) is 12.1 Å². The number of carbonyl (C=O) groups is 2. The van der Waals surface area contributed by atoms with Crippen LogP contribution >= 0.6 is 11.6 Å². The quantitative estimate of drug-likeness (QED) is 0.441. The molecule has 0 aromatic heterocycles. The van der Waals surface area contributed by atoms with E-state index in [0.717, 1.165) is 12.1 Å². The highest BCUT2D eigenvalue weighted by Crippen LogP contribution is 2.31. The number of morpholine rings is 1. The minimum Gasteiger partial charge on any atom is -0.378 e. The Kier molecular flexibility index (Phi) is 8.27. The Hall–Kier alpha value is -3.37. The molecule has 0 radical (unpaired) electrons. The van der Waals surface area contributed by atoms with Crippen LogP contribution in [0.1, 0.15) is 30.1 Å². The average Bonchev–Trinajstić information content (AvgIpc) is 2.89. The number of nitrogens with zero attached hydrogens (tertiary/aromatic N) is 4. The van der Waals surface area contributed by atoms with Crippen molar-refractivity contribution in [1.29, 1.82) is 0 Å². The van der Waals surface area contributed by atoms with Crippen LogP contribution < -0.4 is 15.1 Å². The highest BCUT2D eigenvalue weighted by atomic mass is 35.5. The Morgan fingerprint density at radius 2 is 1.67 bits per heavy atom. The molecule has 2 amide bonds. The number of benzene rings is 2. The number of anilines is 3. The standard InChI is InChI=1S/C25H30ClN5O5/c1-2-3-24(32)30-10-8-28(9-11-30)23-6-4-18(16-21(23)26)27-25(33)20-17-19(31(34)35)5-7-22(20)29-12-14-36-15-13-29/h4-7,16-17H,2-3,8-15H2,1H3,(H,27,33). The van der Waals surface area contributed by atoms with Crippen LogP contribution in [0.25, 0.3) is 0 Å². The smallest absolute Gasteiger partial charge is 0.270 e. The number of nitro groups is 1. The lowest BCUT2D eigenvalue weighted by Gasteiger charge is -2.36. The lowest BCUT2D eigenvalue weighted by Crippen LogP contribution is -2.48. The van der Waals surface area contributed by atoms with Gasteiger partial charge in [-0.2, -0.15) is 0 Å². The van der Waals surface area contributed by atoms with E-state index in [1.807, 2.05) is 22.8 Å². The minimum atomic E-state index is -0.513. The molecule has 2 aliphatic heterocycles. The first-order valence-electron chi connectivity index (χ1n) is 12.1. The summed E-state index contributed by atoms with van der Waals surface area (Å²) < 4.78 is 5.39. The highest BCUT2D eigenvalue weighted by molar-refractivity contribution is 6.33. The molecule has 4 rings (SSSR count). The summed E-state index contributed by atoms with van der Waals surface area (Å²) >= 11 is 6.58. The number of amides is 2. The van der Waals surface area contributed by atoms with Gasteiger partial charge >= 0.3 is 0 Å². The van der Waals surface area contributed by atoms with E-state index in [9.17, 15) is 19.7 Å². The Morgan fingerprint density at radius 1 is 1.00 bits per heavy atom. The van der Waals surface area contributed by atoms with Crippen LogP contribution in [0.4, 0.5) is 22.7 Å². The summed E-state index contributed by atoms with van der Waals surface area (Å²) in [6, 6.07) is 9.60. The fourth-order valence-electron chi connectivity index (χ4n) is 4.51. The maximum absolute atomic E-state index is 13.2. The third kappa shape index (κ3) is 5.88. The van der Waals surface area contributed by atoms with Gasteiger partial charge in [0.05, 0.1) is 40.1 Å². The normalized spacial score (nSPS) is 16.1. The van der Waals surface area contributed by atoms with Crippen molar-refractivity contribution in [3.63, 3.8) is 0 Å². The SMILES string of the molecule is CCCC(=O)N1CCN(c2ccc(NC(=O)c3cc([N+](=O)[O-])ccc3N3CCOCC3)cc2Cl)CC1. The number of rotatable bonds is 7. The van der Waals surface area contributed by atoms with E-state index in [0.29, 0.717) is 75.3 Å². The van der Waals surface area contributed by atoms with Crippen molar-refractivity contribution in [3.05, 3.63) is 57.1 Å². The van der Waals surface area contributed by atoms with E-state index in [2.05, 4.69) is 10.2 Å². The fourth-order valence-corrected chi connectivity index (χ4v) is 4.81. The Labute approximate surface area is 214 Å². The lowest BCUT2D eigenvalue weighted by molar-refractivity contribution is -0.384. The van der Waals surface area contributed by atoms with Gasteiger partial charge in [-0.05, 0) is 30.7 Å². The zero-order valence-corrected chi connectivity index (χ0v) is 21.0. The number of nitro benzene ring substituents is 1. The number of piperazine rings is 1. The van der Waals surface area contributed by atoms with E-state index < -0.39 is 10.8 Å². The molecule has 36 heavy (non-hydrogen) atoms. The van der Waals surface area contributed by atoms with Crippen molar-refractivity contribution in [3.8, 4) is 0 Å². The van der Waals surface area contributed by atoms with Gasteiger partial charge < -0.3 is 24.8 Å². The van der Waals surface area contributed by atoms with Crippen molar-refractivity contribution in [2.75, 3.05) is 67.6 Å². The zero-order valence-electron chi connectivity index (χ0n) is 20.2. The molecule has 0 unspecified atom stereocenters. The van der Waals surface area contributed by atoms with E-state index >= 15 is 0 Å². The second-order valence-electron chi connectivity index (χ2n) is 8.80. The van der Waals surface area contributed by atoms with Crippen molar-refractivity contribution in [2.24, 2.45) is 0 Å². The van der Waals surface area contributed by atoms with Crippen molar-refractivity contribution < 1.29 is 19.2 Å². The van der Waals surface area contributed by atoms with Crippen LogP contribution in [0.3, 0.4) is 0 Å². The number of non-ortho nitro benzene ring substituents is 1. The van der Waals surface area contributed by atoms with Crippen LogP contribution in [-0.2, 0) is 9.53 Å². The number of ether oxygens (including phenoxy) is 1. The van der Waals surface area contributed by atoms with Crippen LogP contribution in [0.5, 0.6) is 0 Å². The summed E-state index contributed by atoms with van der Waals surface area (Å²) in [5.41, 5.74) is 2.02.